The topological polar surface area (TPSA) is 56.3 Å². The minimum Gasteiger partial charge on any atom is -0.369 e. The van der Waals surface area contributed by atoms with Gasteiger partial charge in [0.25, 0.3) is 0 Å². The first-order valence-corrected chi connectivity index (χ1v) is 8.61. The van der Waals surface area contributed by atoms with Gasteiger partial charge in [-0.3, -0.25) is 0 Å². The van der Waals surface area contributed by atoms with E-state index in [1.54, 1.807) is 0 Å². The molecule has 1 aliphatic rings. The zero-order chi connectivity index (χ0) is 17.8. The first-order chi connectivity index (χ1) is 12.0. The standard InChI is InChI=1S/C18H25FN6/c1-13(2)21-17-16(19)12-20-18(23-17)22-14-5-4-6-15(11-14)25-9-7-24(3)8-10-25/h4-6,11-13H,7-10H2,1-3H3,(H2,20,21,22,23). The smallest absolute Gasteiger partial charge is 0.229 e. The second-order valence-corrected chi connectivity index (χ2v) is 6.65. The van der Waals surface area contributed by atoms with Crippen molar-refractivity contribution >= 4 is 23.1 Å². The van der Waals surface area contributed by atoms with E-state index in [0.717, 1.165) is 31.9 Å². The van der Waals surface area contributed by atoms with Gasteiger partial charge < -0.3 is 20.4 Å². The molecule has 2 heterocycles. The van der Waals surface area contributed by atoms with E-state index < -0.39 is 5.82 Å². The third-order valence-corrected chi connectivity index (χ3v) is 4.14. The molecule has 7 heteroatoms. The number of halogens is 1. The zero-order valence-corrected chi connectivity index (χ0v) is 15.0. The fourth-order valence-electron chi connectivity index (χ4n) is 2.78. The van der Waals surface area contributed by atoms with Crippen LogP contribution in [0.25, 0.3) is 0 Å². The number of rotatable bonds is 5. The summed E-state index contributed by atoms with van der Waals surface area (Å²) in [6.45, 7) is 8.01. The summed E-state index contributed by atoms with van der Waals surface area (Å²) < 4.78 is 13.8. The molecule has 2 aromatic rings. The van der Waals surface area contributed by atoms with Crippen LogP contribution in [-0.4, -0.2) is 54.1 Å². The molecule has 1 saturated heterocycles. The normalized spacial score (nSPS) is 15.5. The van der Waals surface area contributed by atoms with Crippen LogP contribution in [0, 0.1) is 5.82 Å². The van der Waals surface area contributed by atoms with Gasteiger partial charge in [0.2, 0.25) is 5.95 Å². The highest BCUT2D eigenvalue weighted by atomic mass is 19.1. The number of benzene rings is 1. The second kappa shape index (κ2) is 7.65. The molecule has 0 bridgehead atoms. The van der Waals surface area contributed by atoms with E-state index in [-0.39, 0.29) is 11.9 Å². The van der Waals surface area contributed by atoms with Crippen LogP contribution in [0.4, 0.5) is 27.5 Å². The summed E-state index contributed by atoms with van der Waals surface area (Å²) in [5.41, 5.74) is 2.05. The fraction of sp³-hybridized carbons (Fsp3) is 0.444. The Bertz CT molecular complexity index is 712. The largest absolute Gasteiger partial charge is 0.369 e. The first kappa shape index (κ1) is 17.4. The quantitative estimate of drug-likeness (QED) is 0.870. The Morgan fingerprint density at radius 1 is 1.16 bits per heavy atom. The van der Waals surface area contributed by atoms with Crippen LogP contribution in [0.5, 0.6) is 0 Å². The van der Waals surface area contributed by atoms with E-state index in [2.05, 4.69) is 49.6 Å². The fourth-order valence-corrected chi connectivity index (χ4v) is 2.78. The van der Waals surface area contributed by atoms with Crippen LogP contribution >= 0.6 is 0 Å². The van der Waals surface area contributed by atoms with E-state index >= 15 is 0 Å². The number of hydrogen-bond acceptors (Lipinski definition) is 6. The third-order valence-electron chi connectivity index (χ3n) is 4.14. The van der Waals surface area contributed by atoms with E-state index in [0.29, 0.717) is 5.95 Å². The van der Waals surface area contributed by atoms with Gasteiger partial charge >= 0.3 is 0 Å². The summed E-state index contributed by atoms with van der Waals surface area (Å²) in [5, 5.41) is 6.15. The van der Waals surface area contributed by atoms with E-state index in [9.17, 15) is 4.39 Å². The van der Waals surface area contributed by atoms with Gasteiger partial charge in [-0.05, 0) is 39.1 Å². The highest BCUT2D eigenvalue weighted by molar-refractivity contribution is 5.62. The molecule has 1 fully saturated rings. The molecule has 1 aliphatic heterocycles. The molecule has 0 radical (unpaired) electrons. The molecule has 0 saturated carbocycles. The van der Waals surface area contributed by atoms with Gasteiger partial charge in [0.05, 0.1) is 6.20 Å². The monoisotopic (exact) mass is 344 g/mol. The summed E-state index contributed by atoms with van der Waals surface area (Å²) in [5.74, 6) is 0.133. The molecule has 0 atom stereocenters. The predicted molar refractivity (Wildman–Crippen MR) is 100 cm³/mol. The summed E-state index contributed by atoms with van der Waals surface area (Å²) in [7, 11) is 2.14. The van der Waals surface area contributed by atoms with Crippen molar-refractivity contribution in [3.8, 4) is 0 Å². The van der Waals surface area contributed by atoms with Gasteiger partial charge in [0, 0.05) is 43.6 Å². The van der Waals surface area contributed by atoms with Crippen LogP contribution in [0.1, 0.15) is 13.8 Å². The second-order valence-electron chi connectivity index (χ2n) is 6.65. The summed E-state index contributed by atoms with van der Waals surface area (Å²) >= 11 is 0. The Balaban J connectivity index is 1.74. The van der Waals surface area contributed by atoms with Crippen LogP contribution < -0.4 is 15.5 Å². The Morgan fingerprint density at radius 3 is 2.64 bits per heavy atom. The molecule has 25 heavy (non-hydrogen) atoms. The highest BCUT2D eigenvalue weighted by Crippen LogP contribution is 2.23. The van der Waals surface area contributed by atoms with Gasteiger partial charge in [-0.2, -0.15) is 4.98 Å². The Kier molecular flexibility index (Phi) is 5.33. The van der Waals surface area contributed by atoms with Crippen molar-refractivity contribution in [1.82, 2.24) is 14.9 Å². The maximum Gasteiger partial charge on any atom is 0.229 e. The number of hydrogen-bond donors (Lipinski definition) is 2. The van der Waals surface area contributed by atoms with Crippen LogP contribution in [-0.2, 0) is 0 Å². The molecule has 0 spiro atoms. The Hall–Kier alpha value is -2.41. The highest BCUT2D eigenvalue weighted by Gasteiger charge is 2.15. The van der Waals surface area contributed by atoms with Gasteiger partial charge in [0.1, 0.15) is 0 Å². The third kappa shape index (κ3) is 4.57. The number of nitrogens with one attached hydrogen (secondary N) is 2. The minimum absolute atomic E-state index is 0.0952. The van der Waals surface area contributed by atoms with Gasteiger partial charge in [-0.1, -0.05) is 6.07 Å². The lowest BCUT2D eigenvalue weighted by Crippen LogP contribution is -2.44. The van der Waals surface area contributed by atoms with E-state index in [1.165, 1.54) is 11.9 Å². The molecule has 6 nitrogen and oxygen atoms in total. The summed E-state index contributed by atoms with van der Waals surface area (Å²) in [6, 6.07) is 8.24. The van der Waals surface area contributed by atoms with Crippen molar-refractivity contribution in [3.05, 3.63) is 36.3 Å². The number of anilines is 4. The SMILES string of the molecule is CC(C)Nc1nc(Nc2cccc(N3CCN(C)CC3)c2)ncc1F. The maximum absolute atomic E-state index is 13.8. The van der Waals surface area contributed by atoms with Crippen molar-refractivity contribution in [2.24, 2.45) is 0 Å². The van der Waals surface area contributed by atoms with Crippen molar-refractivity contribution < 1.29 is 4.39 Å². The number of aromatic nitrogens is 2. The van der Waals surface area contributed by atoms with Crippen molar-refractivity contribution in [2.45, 2.75) is 19.9 Å². The molecule has 0 aliphatic carbocycles. The van der Waals surface area contributed by atoms with Crippen molar-refractivity contribution in [3.63, 3.8) is 0 Å². The van der Waals surface area contributed by atoms with Crippen molar-refractivity contribution in [1.29, 1.82) is 0 Å². The number of likely N-dealkylation sites (N-methyl/N-ethyl adjacent to an activating group) is 1. The lowest BCUT2D eigenvalue weighted by Gasteiger charge is -2.34. The van der Waals surface area contributed by atoms with Crippen molar-refractivity contribution in [2.75, 3.05) is 48.8 Å². The predicted octanol–water partition coefficient (Wildman–Crippen LogP) is 2.93. The molecule has 3 rings (SSSR count). The van der Waals surface area contributed by atoms with Gasteiger partial charge in [-0.15, -0.1) is 0 Å². The van der Waals surface area contributed by atoms with Crippen LogP contribution in [0.2, 0.25) is 0 Å². The van der Waals surface area contributed by atoms with Crippen LogP contribution in [0.3, 0.4) is 0 Å². The molecular weight excluding hydrogens is 319 g/mol. The van der Waals surface area contributed by atoms with E-state index in [4.69, 9.17) is 0 Å². The maximum atomic E-state index is 13.8. The number of nitrogens with zero attached hydrogens (tertiary/aromatic N) is 4. The van der Waals surface area contributed by atoms with Crippen LogP contribution in [0.15, 0.2) is 30.5 Å². The first-order valence-electron chi connectivity index (χ1n) is 8.61. The average molecular weight is 344 g/mol. The summed E-state index contributed by atoms with van der Waals surface area (Å²) in [4.78, 5) is 13.0. The zero-order valence-electron chi connectivity index (χ0n) is 15.0. The molecule has 1 aromatic carbocycles. The molecule has 2 N–H and O–H groups in total. The molecule has 134 valence electrons. The number of piperazine rings is 1. The lowest BCUT2D eigenvalue weighted by molar-refractivity contribution is 0.313. The molecular formula is C18H25FN6. The summed E-state index contributed by atoms with van der Waals surface area (Å²) in [6.07, 6.45) is 1.18. The van der Waals surface area contributed by atoms with Gasteiger partial charge in [-0.25, -0.2) is 9.37 Å². The average Bonchev–Trinajstić information content (AvgIpc) is 2.58. The Labute approximate surface area is 148 Å². The molecule has 0 amide bonds. The lowest BCUT2D eigenvalue weighted by atomic mass is 10.2. The minimum atomic E-state index is -0.453. The van der Waals surface area contributed by atoms with Gasteiger partial charge in [0.15, 0.2) is 11.6 Å². The molecule has 0 unspecified atom stereocenters. The Morgan fingerprint density at radius 2 is 1.92 bits per heavy atom. The van der Waals surface area contributed by atoms with E-state index in [1.807, 2.05) is 26.0 Å². The molecule has 1 aromatic heterocycles.